The fourth-order valence-electron chi connectivity index (χ4n) is 5.91. The highest BCUT2D eigenvalue weighted by molar-refractivity contribution is 5.79. The van der Waals surface area contributed by atoms with Crippen LogP contribution < -0.4 is 4.90 Å². The third-order valence-electron chi connectivity index (χ3n) is 7.84. The molecular formula is C28H38N4O. The molecule has 1 atom stereocenters. The maximum absolute atomic E-state index is 13.4. The van der Waals surface area contributed by atoms with Crippen LogP contribution >= 0.6 is 0 Å². The van der Waals surface area contributed by atoms with E-state index in [4.69, 9.17) is 0 Å². The number of carbonyl (C=O) groups is 1. The van der Waals surface area contributed by atoms with Crippen LogP contribution in [0.3, 0.4) is 0 Å². The molecule has 1 amide bonds. The van der Waals surface area contributed by atoms with Gasteiger partial charge in [-0.3, -0.25) is 14.6 Å². The number of carbonyl (C=O) groups excluding carboxylic acids is 1. The van der Waals surface area contributed by atoms with Gasteiger partial charge in [-0.1, -0.05) is 48.5 Å². The molecular weight excluding hydrogens is 408 g/mol. The Balaban J connectivity index is 1.09. The second kappa shape index (κ2) is 10.7. The summed E-state index contributed by atoms with van der Waals surface area (Å²) in [4.78, 5) is 23.1. The van der Waals surface area contributed by atoms with E-state index >= 15 is 0 Å². The molecule has 176 valence electrons. The minimum atomic E-state index is 0.185. The highest BCUT2D eigenvalue weighted by Gasteiger charge is 2.34. The van der Waals surface area contributed by atoms with Gasteiger partial charge < -0.3 is 9.80 Å². The highest BCUT2D eigenvalue weighted by Crippen LogP contribution is 2.26. The van der Waals surface area contributed by atoms with Crippen LogP contribution in [0.25, 0.3) is 0 Å². The average molecular weight is 447 g/mol. The van der Waals surface area contributed by atoms with Crippen molar-refractivity contribution in [1.29, 1.82) is 0 Å². The Hall–Kier alpha value is -2.37. The first-order valence-electron chi connectivity index (χ1n) is 12.9. The van der Waals surface area contributed by atoms with Crippen LogP contribution in [0.15, 0.2) is 60.7 Å². The molecule has 0 spiro atoms. The summed E-state index contributed by atoms with van der Waals surface area (Å²) in [5.74, 6) is 0.582. The third-order valence-corrected chi connectivity index (χ3v) is 7.84. The van der Waals surface area contributed by atoms with Crippen LogP contribution in [-0.2, 0) is 11.3 Å². The number of piperazine rings is 1. The first-order chi connectivity index (χ1) is 16.3. The minimum Gasteiger partial charge on any atom is -0.368 e. The lowest BCUT2D eigenvalue weighted by Crippen LogP contribution is -2.54. The molecule has 0 unspecified atom stereocenters. The lowest BCUT2D eigenvalue weighted by Gasteiger charge is -2.43. The van der Waals surface area contributed by atoms with Crippen molar-refractivity contribution in [1.82, 2.24) is 14.7 Å². The fraction of sp³-hybridized carbons (Fsp3) is 0.536. The standard InChI is InChI=1S/C28H38N4O/c33-28(31-20-18-30(19-21-31)26-11-5-2-6-12-26)25-10-7-15-32(23-25)27-13-16-29(17-14-27)22-24-8-3-1-4-9-24/h1-6,8-9,11-12,25,27H,7,10,13-23H2/t25-/m0/s1. The summed E-state index contributed by atoms with van der Waals surface area (Å²) in [6.45, 7) is 9.08. The lowest BCUT2D eigenvalue weighted by atomic mass is 9.92. The molecule has 5 rings (SSSR count). The molecule has 0 aliphatic carbocycles. The molecule has 2 aromatic carbocycles. The number of rotatable bonds is 5. The van der Waals surface area contributed by atoms with Crippen LogP contribution in [-0.4, -0.2) is 79.0 Å². The maximum atomic E-state index is 13.4. The Kier molecular flexibility index (Phi) is 7.27. The Morgan fingerprint density at radius 2 is 1.42 bits per heavy atom. The van der Waals surface area contributed by atoms with E-state index in [2.05, 4.69) is 80.3 Å². The predicted octanol–water partition coefficient (Wildman–Crippen LogP) is 3.71. The summed E-state index contributed by atoms with van der Waals surface area (Å²) in [6.07, 6.45) is 4.67. The van der Waals surface area contributed by atoms with Crippen LogP contribution in [0, 0.1) is 5.92 Å². The van der Waals surface area contributed by atoms with Gasteiger partial charge in [0, 0.05) is 51.0 Å². The van der Waals surface area contributed by atoms with Gasteiger partial charge in [-0.05, 0) is 63.0 Å². The molecule has 0 radical (unpaired) electrons. The summed E-state index contributed by atoms with van der Waals surface area (Å²) in [5.41, 5.74) is 2.68. The molecule has 0 bridgehead atoms. The molecule has 0 N–H and O–H groups in total. The second-order valence-corrected chi connectivity index (χ2v) is 9.97. The van der Waals surface area contributed by atoms with E-state index in [1.165, 1.54) is 24.1 Å². The van der Waals surface area contributed by atoms with E-state index in [9.17, 15) is 4.79 Å². The molecule has 3 aliphatic rings. The van der Waals surface area contributed by atoms with Crippen molar-refractivity contribution in [3.8, 4) is 0 Å². The van der Waals surface area contributed by atoms with Gasteiger partial charge in [0.15, 0.2) is 0 Å². The summed E-state index contributed by atoms with van der Waals surface area (Å²) in [7, 11) is 0. The number of likely N-dealkylation sites (tertiary alicyclic amines) is 2. The van der Waals surface area contributed by atoms with Gasteiger partial charge >= 0.3 is 0 Å². The van der Waals surface area contributed by atoms with E-state index in [0.29, 0.717) is 11.9 Å². The van der Waals surface area contributed by atoms with Gasteiger partial charge in [-0.2, -0.15) is 0 Å². The third kappa shape index (κ3) is 5.59. The largest absolute Gasteiger partial charge is 0.368 e. The highest BCUT2D eigenvalue weighted by atomic mass is 16.2. The zero-order valence-electron chi connectivity index (χ0n) is 19.8. The van der Waals surface area contributed by atoms with Crippen molar-refractivity contribution in [2.24, 2.45) is 5.92 Å². The summed E-state index contributed by atoms with van der Waals surface area (Å²) in [6, 6.07) is 22.0. The van der Waals surface area contributed by atoms with E-state index in [0.717, 1.165) is 71.7 Å². The predicted molar refractivity (Wildman–Crippen MR) is 134 cm³/mol. The quantitative estimate of drug-likeness (QED) is 0.700. The molecule has 3 saturated heterocycles. The van der Waals surface area contributed by atoms with Crippen molar-refractivity contribution in [2.45, 2.75) is 38.3 Å². The summed E-state index contributed by atoms with van der Waals surface area (Å²) < 4.78 is 0. The number of nitrogens with zero attached hydrogens (tertiary/aromatic N) is 4. The monoisotopic (exact) mass is 446 g/mol. The SMILES string of the molecule is O=C([C@H]1CCCN(C2CCN(Cc3ccccc3)CC2)C1)N1CCN(c2ccccc2)CC1. The Bertz CT molecular complexity index is 873. The van der Waals surface area contributed by atoms with Gasteiger partial charge in [0.05, 0.1) is 5.92 Å². The van der Waals surface area contributed by atoms with Gasteiger partial charge in [0.1, 0.15) is 0 Å². The molecule has 5 nitrogen and oxygen atoms in total. The Morgan fingerprint density at radius 1 is 0.758 bits per heavy atom. The van der Waals surface area contributed by atoms with E-state index in [-0.39, 0.29) is 5.92 Å². The molecule has 33 heavy (non-hydrogen) atoms. The van der Waals surface area contributed by atoms with Gasteiger partial charge in [-0.15, -0.1) is 0 Å². The number of para-hydroxylation sites is 1. The van der Waals surface area contributed by atoms with Crippen LogP contribution in [0.4, 0.5) is 5.69 Å². The second-order valence-electron chi connectivity index (χ2n) is 9.97. The first-order valence-corrected chi connectivity index (χ1v) is 12.9. The van der Waals surface area contributed by atoms with Crippen molar-refractivity contribution in [2.75, 3.05) is 57.3 Å². The number of hydrogen-bond donors (Lipinski definition) is 0. The molecule has 3 fully saturated rings. The van der Waals surface area contributed by atoms with Crippen LogP contribution in [0.5, 0.6) is 0 Å². The van der Waals surface area contributed by atoms with Crippen molar-refractivity contribution < 1.29 is 4.79 Å². The van der Waals surface area contributed by atoms with Crippen molar-refractivity contribution in [3.63, 3.8) is 0 Å². The number of amides is 1. The minimum absolute atomic E-state index is 0.185. The molecule has 0 saturated carbocycles. The summed E-state index contributed by atoms with van der Waals surface area (Å²) >= 11 is 0. The van der Waals surface area contributed by atoms with Gasteiger partial charge in [-0.25, -0.2) is 0 Å². The topological polar surface area (TPSA) is 30.0 Å². The lowest BCUT2D eigenvalue weighted by molar-refractivity contribution is -0.138. The normalized spacial score (nSPS) is 23.6. The first kappa shape index (κ1) is 22.4. The molecule has 3 heterocycles. The van der Waals surface area contributed by atoms with Crippen LogP contribution in [0.2, 0.25) is 0 Å². The molecule has 2 aromatic rings. The van der Waals surface area contributed by atoms with Crippen molar-refractivity contribution in [3.05, 3.63) is 66.2 Å². The average Bonchev–Trinajstić information content (AvgIpc) is 2.90. The Morgan fingerprint density at radius 3 is 2.12 bits per heavy atom. The zero-order valence-corrected chi connectivity index (χ0v) is 19.8. The fourth-order valence-corrected chi connectivity index (χ4v) is 5.91. The zero-order chi connectivity index (χ0) is 22.5. The van der Waals surface area contributed by atoms with Gasteiger partial charge in [0.2, 0.25) is 5.91 Å². The molecule has 0 aromatic heterocycles. The summed E-state index contributed by atoms with van der Waals surface area (Å²) in [5, 5.41) is 0. The van der Waals surface area contributed by atoms with E-state index < -0.39 is 0 Å². The van der Waals surface area contributed by atoms with E-state index in [1.807, 2.05) is 0 Å². The molecule has 3 aliphatic heterocycles. The number of piperidine rings is 2. The van der Waals surface area contributed by atoms with Gasteiger partial charge in [0.25, 0.3) is 0 Å². The van der Waals surface area contributed by atoms with E-state index in [1.54, 1.807) is 0 Å². The number of anilines is 1. The maximum Gasteiger partial charge on any atom is 0.227 e. The number of hydrogen-bond acceptors (Lipinski definition) is 4. The molecule has 5 heteroatoms. The van der Waals surface area contributed by atoms with Crippen LogP contribution in [0.1, 0.15) is 31.2 Å². The van der Waals surface area contributed by atoms with Crippen molar-refractivity contribution >= 4 is 11.6 Å². The Labute approximate surface area is 199 Å². The number of benzene rings is 2. The smallest absolute Gasteiger partial charge is 0.227 e.